The molecule has 15 heavy (non-hydrogen) atoms. The SMILES string of the molecule is Cc1cccc(NC(=O)C(C)C2CC2)c1. The second-order valence-electron chi connectivity index (χ2n) is 4.48. The number of aryl methyl sites for hydroxylation is 1. The molecule has 1 aliphatic carbocycles. The van der Waals surface area contributed by atoms with Crippen molar-refractivity contribution in [2.24, 2.45) is 11.8 Å². The lowest BCUT2D eigenvalue weighted by Crippen LogP contribution is -2.21. The molecule has 0 aliphatic heterocycles. The minimum absolute atomic E-state index is 0.156. The molecule has 1 saturated carbocycles. The molecule has 2 nitrogen and oxygen atoms in total. The van der Waals surface area contributed by atoms with Gasteiger partial charge in [-0.2, -0.15) is 0 Å². The van der Waals surface area contributed by atoms with Crippen LogP contribution in [0.25, 0.3) is 0 Å². The van der Waals surface area contributed by atoms with Crippen LogP contribution in [0.4, 0.5) is 5.69 Å². The van der Waals surface area contributed by atoms with Crippen molar-refractivity contribution in [2.45, 2.75) is 26.7 Å². The van der Waals surface area contributed by atoms with Gasteiger partial charge in [-0.3, -0.25) is 4.79 Å². The third-order valence-corrected chi connectivity index (χ3v) is 3.03. The molecule has 1 aromatic carbocycles. The van der Waals surface area contributed by atoms with E-state index in [1.165, 1.54) is 18.4 Å². The molecule has 1 unspecified atom stereocenters. The fourth-order valence-corrected chi connectivity index (χ4v) is 1.79. The van der Waals surface area contributed by atoms with Crippen LogP contribution in [0.5, 0.6) is 0 Å². The van der Waals surface area contributed by atoms with Gasteiger partial charge in [-0.15, -0.1) is 0 Å². The standard InChI is InChI=1S/C13H17NO/c1-9-4-3-5-12(8-9)14-13(15)10(2)11-6-7-11/h3-5,8,10-11H,6-7H2,1-2H3,(H,14,15). The Balaban J connectivity index is 1.98. The van der Waals surface area contributed by atoms with Crippen LogP contribution in [-0.4, -0.2) is 5.91 Å². The highest BCUT2D eigenvalue weighted by molar-refractivity contribution is 5.92. The Morgan fingerprint density at radius 2 is 2.20 bits per heavy atom. The van der Waals surface area contributed by atoms with E-state index in [9.17, 15) is 4.79 Å². The van der Waals surface area contributed by atoms with E-state index in [1.54, 1.807) is 0 Å². The Kier molecular flexibility index (Phi) is 2.76. The van der Waals surface area contributed by atoms with Crippen molar-refractivity contribution in [2.75, 3.05) is 5.32 Å². The lowest BCUT2D eigenvalue weighted by Gasteiger charge is -2.11. The molecular weight excluding hydrogens is 186 g/mol. The highest BCUT2D eigenvalue weighted by atomic mass is 16.1. The van der Waals surface area contributed by atoms with Crippen LogP contribution >= 0.6 is 0 Å². The van der Waals surface area contributed by atoms with Gasteiger partial charge < -0.3 is 5.32 Å². The first-order valence-corrected chi connectivity index (χ1v) is 5.54. The Bertz CT molecular complexity index is 369. The van der Waals surface area contributed by atoms with Gasteiger partial charge in [0.2, 0.25) is 5.91 Å². The predicted octanol–water partition coefficient (Wildman–Crippen LogP) is 2.98. The van der Waals surface area contributed by atoms with Gasteiger partial charge in [0, 0.05) is 11.6 Å². The first-order valence-electron chi connectivity index (χ1n) is 5.54. The quantitative estimate of drug-likeness (QED) is 0.804. The number of nitrogens with one attached hydrogen (secondary N) is 1. The zero-order valence-corrected chi connectivity index (χ0v) is 9.29. The summed E-state index contributed by atoms with van der Waals surface area (Å²) >= 11 is 0. The molecule has 1 fully saturated rings. The summed E-state index contributed by atoms with van der Waals surface area (Å²) < 4.78 is 0. The lowest BCUT2D eigenvalue weighted by molar-refractivity contribution is -0.119. The van der Waals surface area contributed by atoms with Gasteiger partial charge in [0.05, 0.1) is 0 Å². The van der Waals surface area contributed by atoms with Gasteiger partial charge in [-0.1, -0.05) is 19.1 Å². The van der Waals surface area contributed by atoms with Crippen LogP contribution in [0.3, 0.4) is 0 Å². The van der Waals surface area contributed by atoms with E-state index in [-0.39, 0.29) is 11.8 Å². The highest BCUT2D eigenvalue weighted by Gasteiger charge is 2.32. The topological polar surface area (TPSA) is 29.1 Å². The maximum atomic E-state index is 11.8. The van der Waals surface area contributed by atoms with Crippen molar-refractivity contribution < 1.29 is 4.79 Å². The van der Waals surface area contributed by atoms with Gasteiger partial charge in [0.1, 0.15) is 0 Å². The van der Waals surface area contributed by atoms with E-state index in [4.69, 9.17) is 0 Å². The molecule has 2 heteroatoms. The highest BCUT2D eigenvalue weighted by Crippen LogP contribution is 2.37. The van der Waals surface area contributed by atoms with Crippen LogP contribution in [-0.2, 0) is 4.79 Å². The number of benzene rings is 1. The Morgan fingerprint density at radius 1 is 1.47 bits per heavy atom. The maximum Gasteiger partial charge on any atom is 0.227 e. The largest absolute Gasteiger partial charge is 0.326 e. The minimum atomic E-state index is 0.156. The summed E-state index contributed by atoms with van der Waals surface area (Å²) in [6, 6.07) is 7.93. The molecule has 0 spiro atoms. The van der Waals surface area contributed by atoms with Crippen LogP contribution < -0.4 is 5.32 Å². The molecule has 1 atom stereocenters. The van der Waals surface area contributed by atoms with E-state index < -0.39 is 0 Å². The van der Waals surface area contributed by atoms with Crippen LogP contribution in [0.2, 0.25) is 0 Å². The van der Waals surface area contributed by atoms with E-state index in [1.807, 2.05) is 38.1 Å². The Morgan fingerprint density at radius 3 is 2.80 bits per heavy atom. The summed E-state index contributed by atoms with van der Waals surface area (Å²) in [7, 11) is 0. The van der Waals surface area contributed by atoms with Crippen LogP contribution in [0.1, 0.15) is 25.3 Å². The van der Waals surface area contributed by atoms with Gasteiger partial charge >= 0.3 is 0 Å². The van der Waals surface area contributed by atoms with Crippen molar-refractivity contribution in [3.63, 3.8) is 0 Å². The van der Waals surface area contributed by atoms with Gasteiger partial charge in [0.25, 0.3) is 0 Å². The summed E-state index contributed by atoms with van der Waals surface area (Å²) in [6.45, 7) is 4.04. The van der Waals surface area contributed by atoms with Crippen molar-refractivity contribution in [1.29, 1.82) is 0 Å². The number of hydrogen-bond donors (Lipinski definition) is 1. The average molecular weight is 203 g/mol. The molecule has 1 N–H and O–H groups in total. The third kappa shape index (κ3) is 2.58. The van der Waals surface area contributed by atoms with Gasteiger partial charge in [-0.25, -0.2) is 0 Å². The van der Waals surface area contributed by atoms with E-state index >= 15 is 0 Å². The van der Waals surface area contributed by atoms with E-state index in [0.717, 1.165) is 5.69 Å². The third-order valence-electron chi connectivity index (χ3n) is 3.03. The first-order chi connectivity index (χ1) is 7.16. The molecule has 2 rings (SSSR count). The van der Waals surface area contributed by atoms with Crippen molar-refractivity contribution >= 4 is 11.6 Å². The molecule has 0 heterocycles. The maximum absolute atomic E-state index is 11.8. The number of amides is 1. The van der Waals surface area contributed by atoms with E-state index in [0.29, 0.717) is 5.92 Å². The molecule has 0 radical (unpaired) electrons. The van der Waals surface area contributed by atoms with E-state index in [2.05, 4.69) is 5.32 Å². The second kappa shape index (κ2) is 4.05. The number of carbonyl (C=O) groups excluding carboxylic acids is 1. The van der Waals surface area contributed by atoms with Crippen LogP contribution in [0.15, 0.2) is 24.3 Å². The minimum Gasteiger partial charge on any atom is -0.326 e. The van der Waals surface area contributed by atoms with Gasteiger partial charge in [-0.05, 0) is 43.4 Å². The van der Waals surface area contributed by atoms with Crippen molar-refractivity contribution in [3.8, 4) is 0 Å². The number of carbonyl (C=O) groups is 1. The summed E-state index contributed by atoms with van der Waals surface area (Å²) in [5.74, 6) is 0.934. The molecular formula is C13H17NO. The molecule has 80 valence electrons. The van der Waals surface area contributed by atoms with Crippen molar-refractivity contribution in [3.05, 3.63) is 29.8 Å². The lowest BCUT2D eigenvalue weighted by atomic mass is 10.1. The van der Waals surface area contributed by atoms with Crippen LogP contribution in [0, 0.1) is 18.8 Å². The normalized spacial score (nSPS) is 17.2. The zero-order chi connectivity index (χ0) is 10.8. The average Bonchev–Trinajstić information content (AvgIpc) is 2.99. The first kappa shape index (κ1) is 10.2. The summed E-state index contributed by atoms with van der Waals surface area (Å²) in [5, 5.41) is 2.96. The Labute approximate surface area is 90.7 Å². The number of hydrogen-bond acceptors (Lipinski definition) is 1. The monoisotopic (exact) mass is 203 g/mol. The summed E-state index contributed by atoms with van der Waals surface area (Å²) in [6.07, 6.45) is 2.42. The molecule has 0 saturated heterocycles. The van der Waals surface area contributed by atoms with Crippen molar-refractivity contribution in [1.82, 2.24) is 0 Å². The fourth-order valence-electron chi connectivity index (χ4n) is 1.79. The molecule has 0 aromatic heterocycles. The smallest absolute Gasteiger partial charge is 0.227 e. The number of anilines is 1. The molecule has 1 aliphatic rings. The second-order valence-corrected chi connectivity index (χ2v) is 4.48. The Hall–Kier alpha value is -1.31. The number of rotatable bonds is 3. The van der Waals surface area contributed by atoms with Gasteiger partial charge in [0.15, 0.2) is 0 Å². The summed E-state index contributed by atoms with van der Waals surface area (Å²) in [4.78, 5) is 11.8. The molecule has 1 aromatic rings. The molecule has 1 amide bonds. The fraction of sp³-hybridized carbons (Fsp3) is 0.462. The molecule has 0 bridgehead atoms. The summed E-state index contributed by atoms with van der Waals surface area (Å²) in [5.41, 5.74) is 2.08. The predicted molar refractivity (Wildman–Crippen MR) is 61.7 cm³/mol. The zero-order valence-electron chi connectivity index (χ0n) is 9.29.